The molecule has 1 heterocycles. The first kappa shape index (κ1) is 18.9. The van der Waals surface area contributed by atoms with Gasteiger partial charge in [0.05, 0.1) is 0 Å². The number of halogens is 1. The second-order valence-electron chi connectivity index (χ2n) is 6.25. The lowest BCUT2D eigenvalue weighted by Gasteiger charge is -2.13. The van der Waals surface area contributed by atoms with Gasteiger partial charge in [0.2, 0.25) is 5.91 Å². The zero-order chi connectivity index (χ0) is 19.4. The summed E-state index contributed by atoms with van der Waals surface area (Å²) < 4.78 is 1.37. The summed E-state index contributed by atoms with van der Waals surface area (Å²) in [5, 5.41) is 3.44. The highest BCUT2D eigenvalue weighted by atomic mass is 35.5. The minimum absolute atomic E-state index is 0.125. The van der Waals surface area contributed by atoms with Crippen molar-refractivity contribution in [2.24, 2.45) is 0 Å². The van der Waals surface area contributed by atoms with E-state index in [2.05, 4.69) is 17.2 Å². The first-order valence-corrected chi connectivity index (χ1v) is 9.07. The van der Waals surface area contributed by atoms with E-state index >= 15 is 0 Å². The smallest absolute Gasteiger partial charge is 0.254 e. The molecule has 3 aromatic rings. The fraction of sp³-hybridized carbons (Fsp3) is 0.190. The number of benzene rings is 2. The highest BCUT2D eigenvalue weighted by Crippen LogP contribution is 2.19. The first-order chi connectivity index (χ1) is 13.0. The molecule has 0 aliphatic carbocycles. The summed E-state index contributed by atoms with van der Waals surface area (Å²) in [5.41, 5.74) is 2.88. The van der Waals surface area contributed by atoms with Gasteiger partial charge in [0, 0.05) is 28.0 Å². The van der Waals surface area contributed by atoms with E-state index in [0.29, 0.717) is 22.2 Å². The van der Waals surface area contributed by atoms with Crippen LogP contribution >= 0.6 is 11.6 Å². The van der Waals surface area contributed by atoms with Crippen LogP contribution in [0, 0.1) is 6.92 Å². The Labute approximate surface area is 162 Å². The summed E-state index contributed by atoms with van der Waals surface area (Å²) in [4.78, 5) is 29.5. The zero-order valence-electron chi connectivity index (χ0n) is 15.2. The summed E-state index contributed by atoms with van der Waals surface area (Å²) in [7, 11) is 0. The molecule has 6 heteroatoms. The molecule has 0 fully saturated rings. The topological polar surface area (TPSA) is 64.0 Å². The maximum atomic E-state index is 12.5. The minimum atomic E-state index is -0.286. The number of aromatic nitrogens is 2. The lowest BCUT2D eigenvalue weighted by Crippen LogP contribution is -2.29. The van der Waals surface area contributed by atoms with E-state index in [4.69, 9.17) is 11.6 Å². The van der Waals surface area contributed by atoms with Gasteiger partial charge in [-0.15, -0.1) is 0 Å². The quantitative estimate of drug-likeness (QED) is 0.724. The lowest BCUT2D eigenvalue weighted by atomic mass is 10.1. The molecule has 3 rings (SSSR count). The fourth-order valence-corrected chi connectivity index (χ4v) is 2.93. The Balaban J connectivity index is 1.90. The highest BCUT2D eigenvalue weighted by Gasteiger charge is 2.13. The summed E-state index contributed by atoms with van der Waals surface area (Å²) >= 11 is 5.95. The Morgan fingerprint density at radius 2 is 1.89 bits per heavy atom. The van der Waals surface area contributed by atoms with Gasteiger partial charge in [0.1, 0.15) is 12.4 Å². The Hall–Kier alpha value is -2.92. The van der Waals surface area contributed by atoms with Crippen molar-refractivity contribution in [3.63, 3.8) is 0 Å². The summed E-state index contributed by atoms with van der Waals surface area (Å²) in [6, 6.07) is 16.1. The fourth-order valence-electron chi connectivity index (χ4n) is 2.81. The molecule has 138 valence electrons. The highest BCUT2D eigenvalue weighted by molar-refractivity contribution is 6.30. The minimum Gasteiger partial charge on any atom is -0.325 e. The molecule has 27 heavy (non-hydrogen) atoms. The normalized spacial score (nSPS) is 10.6. The van der Waals surface area contributed by atoms with Gasteiger partial charge < -0.3 is 5.32 Å². The number of aryl methyl sites for hydroxylation is 2. The standard InChI is InChI=1S/C21H20ClN3O2/c1-3-15-5-4-6-18(12-15)24-19(26)13-25-20(27)11-14(2)23-21(25)16-7-9-17(22)10-8-16/h4-12H,3,13H2,1-2H3,(H,24,26). The van der Waals surface area contributed by atoms with Crippen molar-refractivity contribution in [2.45, 2.75) is 26.8 Å². The van der Waals surface area contributed by atoms with Gasteiger partial charge in [0.25, 0.3) is 5.56 Å². The molecule has 0 aliphatic heterocycles. The molecule has 1 amide bonds. The number of nitrogens with one attached hydrogen (secondary N) is 1. The van der Waals surface area contributed by atoms with Crippen molar-refractivity contribution in [3.05, 3.63) is 81.2 Å². The van der Waals surface area contributed by atoms with E-state index in [1.54, 1.807) is 31.2 Å². The van der Waals surface area contributed by atoms with Gasteiger partial charge >= 0.3 is 0 Å². The molecule has 2 aromatic carbocycles. The number of carbonyl (C=O) groups is 1. The van der Waals surface area contributed by atoms with Crippen molar-refractivity contribution in [1.82, 2.24) is 9.55 Å². The third-order valence-electron chi connectivity index (χ3n) is 4.16. The molecule has 0 radical (unpaired) electrons. The van der Waals surface area contributed by atoms with Crippen LogP contribution in [-0.2, 0) is 17.8 Å². The van der Waals surface area contributed by atoms with Crippen molar-refractivity contribution < 1.29 is 4.79 Å². The second kappa shape index (κ2) is 8.18. The molecule has 0 atom stereocenters. The van der Waals surface area contributed by atoms with Gasteiger partial charge in [0.15, 0.2) is 0 Å². The average molecular weight is 382 g/mol. The van der Waals surface area contributed by atoms with Crippen LogP contribution in [0.3, 0.4) is 0 Å². The largest absolute Gasteiger partial charge is 0.325 e. The van der Waals surface area contributed by atoms with Crippen molar-refractivity contribution >= 4 is 23.2 Å². The number of anilines is 1. The molecule has 0 bridgehead atoms. The van der Waals surface area contributed by atoms with E-state index in [1.807, 2.05) is 24.3 Å². The van der Waals surface area contributed by atoms with Crippen LogP contribution in [0.4, 0.5) is 5.69 Å². The Morgan fingerprint density at radius 1 is 1.15 bits per heavy atom. The maximum Gasteiger partial charge on any atom is 0.254 e. The second-order valence-corrected chi connectivity index (χ2v) is 6.69. The Bertz CT molecular complexity index is 1030. The van der Waals surface area contributed by atoms with Gasteiger partial charge in [-0.1, -0.05) is 30.7 Å². The van der Waals surface area contributed by atoms with Crippen LogP contribution in [-0.4, -0.2) is 15.5 Å². The third kappa shape index (κ3) is 4.63. The molecular formula is C21H20ClN3O2. The first-order valence-electron chi connectivity index (χ1n) is 8.69. The van der Waals surface area contributed by atoms with E-state index in [0.717, 1.165) is 17.5 Å². The number of rotatable bonds is 5. The lowest BCUT2D eigenvalue weighted by molar-refractivity contribution is -0.116. The monoisotopic (exact) mass is 381 g/mol. The van der Waals surface area contributed by atoms with Crippen LogP contribution in [0.1, 0.15) is 18.2 Å². The predicted octanol–water partition coefficient (Wildman–Crippen LogP) is 4.07. The van der Waals surface area contributed by atoms with Crippen LogP contribution in [0.25, 0.3) is 11.4 Å². The molecule has 0 saturated carbocycles. The Kier molecular flexibility index (Phi) is 5.72. The molecule has 0 unspecified atom stereocenters. The van der Waals surface area contributed by atoms with E-state index in [1.165, 1.54) is 10.6 Å². The number of carbonyl (C=O) groups excluding carboxylic acids is 1. The summed E-state index contributed by atoms with van der Waals surface area (Å²) in [6.45, 7) is 3.68. The predicted molar refractivity (Wildman–Crippen MR) is 108 cm³/mol. The number of amides is 1. The third-order valence-corrected chi connectivity index (χ3v) is 4.41. The van der Waals surface area contributed by atoms with Gasteiger partial charge in [-0.3, -0.25) is 14.2 Å². The molecule has 1 N–H and O–H groups in total. The van der Waals surface area contributed by atoms with Crippen molar-refractivity contribution in [1.29, 1.82) is 0 Å². The van der Waals surface area contributed by atoms with Crippen LogP contribution in [0.5, 0.6) is 0 Å². The van der Waals surface area contributed by atoms with Crippen LogP contribution < -0.4 is 10.9 Å². The molecule has 1 aromatic heterocycles. The summed E-state index contributed by atoms with van der Waals surface area (Å²) in [5.74, 6) is 0.153. The maximum absolute atomic E-state index is 12.5. The molecule has 0 aliphatic rings. The van der Waals surface area contributed by atoms with Crippen molar-refractivity contribution in [2.75, 3.05) is 5.32 Å². The zero-order valence-corrected chi connectivity index (χ0v) is 16.0. The number of nitrogens with zero attached hydrogens (tertiary/aromatic N) is 2. The van der Waals surface area contributed by atoms with Crippen LogP contribution in [0.2, 0.25) is 5.02 Å². The Morgan fingerprint density at radius 3 is 2.59 bits per heavy atom. The number of hydrogen-bond donors (Lipinski definition) is 1. The average Bonchev–Trinajstić information content (AvgIpc) is 2.64. The molecule has 5 nitrogen and oxygen atoms in total. The molecule has 0 saturated heterocycles. The summed E-state index contributed by atoms with van der Waals surface area (Å²) in [6.07, 6.45) is 0.881. The SMILES string of the molecule is CCc1cccc(NC(=O)Cn2c(-c3ccc(Cl)cc3)nc(C)cc2=O)c1. The number of hydrogen-bond acceptors (Lipinski definition) is 3. The van der Waals surface area contributed by atoms with Crippen molar-refractivity contribution in [3.8, 4) is 11.4 Å². The molecule has 0 spiro atoms. The van der Waals surface area contributed by atoms with Crippen LogP contribution in [0.15, 0.2) is 59.4 Å². The van der Waals surface area contributed by atoms with Gasteiger partial charge in [-0.2, -0.15) is 0 Å². The molecular weight excluding hydrogens is 362 g/mol. The van der Waals surface area contributed by atoms with E-state index in [-0.39, 0.29) is 18.0 Å². The van der Waals surface area contributed by atoms with Gasteiger partial charge in [-0.25, -0.2) is 4.98 Å². The van der Waals surface area contributed by atoms with E-state index < -0.39 is 0 Å². The van der Waals surface area contributed by atoms with Gasteiger partial charge in [-0.05, 0) is 55.3 Å². The van der Waals surface area contributed by atoms with E-state index in [9.17, 15) is 9.59 Å².